The van der Waals surface area contributed by atoms with Gasteiger partial charge in [0.15, 0.2) is 11.6 Å². The summed E-state index contributed by atoms with van der Waals surface area (Å²) in [6, 6.07) is 0. The quantitative estimate of drug-likeness (QED) is 0.746. The summed E-state index contributed by atoms with van der Waals surface area (Å²) in [5.74, 6) is -1.45. The van der Waals surface area contributed by atoms with E-state index in [2.05, 4.69) is 0 Å². The maximum absolute atomic E-state index is 10.1. The second-order valence-corrected chi connectivity index (χ2v) is 5.72. The minimum absolute atomic E-state index is 0.252. The van der Waals surface area contributed by atoms with E-state index < -0.39 is 36.0 Å². The van der Waals surface area contributed by atoms with Crippen molar-refractivity contribution in [2.75, 3.05) is 13.2 Å². The van der Waals surface area contributed by atoms with Gasteiger partial charge in [-0.25, -0.2) is 0 Å². The molecular formula is C12H22O6. The summed E-state index contributed by atoms with van der Waals surface area (Å²) in [6.07, 6.45) is -3.23. The van der Waals surface area contributed by atoms with Crippen molar-refractivity contribution < 1.29 is 29.2 Å². The number of aliphatic hydroxyl groups is 2. The van der Waals surface area contributed by atoms with Gasteiger partial charge in [-0.2, -0.15) is 0 Å². The van der Waals surface area contributed by atoms with E-state index in [1.54, 1.807) is 27.7 Å². The first kappa shape index (κ1) is 14.2. The van der Waals surface area contributed by atoms with Crippen molar-refractivity contribution in [1.29, 1.82) is 0 Å². The largest absolute Gasteiger partial charge is 0.387 e. The van der Waals surface area contributed by atoms with Gasteiger partial charge in [0, 0.05) is 0 Å². The number of ether oxygens (including phenoxy) is 4. The first-order valence-corrected chi connectivity index (χ1v) is 6.20. The van der Waals surface area contributed by atoms with Crippen molar-refractivity contribution in [3.63, 3.8) is 0 Å². The molecule has 2 N–H and O–H groups in total. The first-order chi connectivity index (χ1) is 8.20. The van der Waals surface area contributed by atoms with E-state index in [9.17, 15) is 10.2 Å². The zero-order chi connectivity index (χ0) is 13.6. The molecule has 0 aromatic heterocycles. The molecule has 0 radical (unpaired) electrons. The molecule has 18 heavy (non-hydrogen) atoms. The molecule has 2 aliphatic rings. The van der Waals surface area contributed by atoms with Crippen LogP contribution in [0.2, 0.25) is 0 Å². The van der Waals surface area contributed by atoms with Crippen molar-refractivity contribution in [3.8, 4) is 0 Å². The fraction of sp³-hybridized carbons (Fsp3) is 1.00. The first-order valence-electron chi connectivity index (χ1n) is 6.20. The molecular weight excluding hydrogens is 240 g/mol. The fourth-order valence-corrected chi connectivity index (χ4v) is 2.21. The Morgan fingerprint density at radius 1 is 0.833 bits per heavy atom. The molecule has 6 nitrogen and oxygen atoms in total. The van der Waals surface area contributed by atoms with Crippen molar-refractivity contribution in [1.82, 2.24) is 0 Å². The van der Waals surface area contributed by atoms with Gasteiger partial charge in [-0.1, -0.05) is 0 Å². The van der Waals surface area contributed by atoms with Crippen molar-refractivity contribution >= 4 is 0 Å². The summed E-state index contributed by atoms with van der Waals surface area (Å²) in [5, 5.41) is 20.2. The normalized spacial score (nSPS) is 37.7. The van der Waals surface area contributed by atoms with Crippen LogP contribution in [-0.2, 0) is 18.9 Å². The molecule has 2 heterocycles. The zero-order valence-electron chi connectivity index (χ0n) is 11.3. The third-order valence-electron chi connectivity index (χ3n) is 3.17. The lowest BCUT2D eigenvalue weighted by atomic mass is 10.0. The topological polar surface area (TPSA) is 77.4 Å². The van der Waals surface area contributed by atoms with Crippen LogP contribution in [0, 0.1) is 0 Å². The molecule has 6 heteroatoms. The maximum Gasteiger partial charge on any atom is 0.163 e. The van der Waals surface area contributed by atoms with E-state index in [1.807, 2.05) is 0 Å². The van der Waals surface area contributed by atoms with E-state index in [1.165, 1.54) is 0 Å². The highest BCUT2D eigenvalue weighted by Gasteiger charge is 2.45. The third-order valence-corrected chi connectivity index (χ3v) is 3.17. The molecule has 4 atom stereocenters. The summed E-state index contributed by atoms with van der Waals surface area (Å²) in [6.45, 7) is 7.58. The van der Waals surface area contributed by atoms with Gasteiger partial charge in [-0.3, -0.25) is 0 Å². The van der Waals surface area contributed by atoms with Crippen molar-refractivity contribution in [2.24, 2.45) is 0 Å². The van der Waals surface area contributed by atoms with E-state index in [0.29, 0.717) is 0 Å². The highest BCUT2D eigenvalue weighted by molar-refractivity contribution is 4.88. The monoisotopic (exact) mass is 262 g/mol. The molecule has 2 rings (SSSR count). The molecule has 0 amide bonds. The van der Waals surface area contributed by atoms with Crippen LogP contribution in [0.5, 0.6) is 0 Å². The summed E-state index contributed by atoms with van der Waals surface area (Å²) in [7, 11) is 0. The number of aliphatic hydroxyl groups excluding tert-OH is 2. The van der Waals surface area contributed by atoms with E-state index in [4.69, 9.17) is 18.9 Å². The molecule has 0 saturated carbocycles. The Labute approximate surface area is 107 Å². The Hall–Kier alpha value is -0.240. The van der Waals surface area contributed by atoms with Gasteiger partial charge in [0.1, 0.15) is 24.4 Å². The van der Waals surface area contributed by atoms with E-state index >= 15 is 0 Å². The van der Waals surface area contributed by atoms with Crippen LogP contribution in [0.1, 0.15) is 27.7 Å². The standard InChI is InChI=1S/C12H22O6/c1-11(2)15-5-7(17-11)9(13)10(14)8-6-16-12(3,4)18-8/h7-10,13-14H,5-6H2,1-4H3/t7?,8?,9-,10?/m1/s1. The molecule has 0 bridgehead atoms. The molecule has 2 saturated heterocycles. The predicted octanol–water partition coefficient (Wildman–Crippen LogP) is 0.0112. The lowest BCUT2D eigenvalue weighted by molar-refractivity contribution is -0.183. The van der Waals surface area contributed by atoms with Gasteiger partial charge in [0.05, 0.1) is 13.2 Å². The highest BCUT2D eigenvalue weighted by atomic mass is 16.8. The van der Waals surface area contributed by atoms with Crippen molar-refractivity contribution in [2.45, 2.75) is 63.7 Å². The number of hydrogen-bond donors (Lipinski definition) is 2. The molecule has 2 fully saturated rings. The minimum atomic E-state index is -1.06. The Kier molecular flexibility index (Phi) is 3.70. The van der Waals surface area contributed by atoms with Gasteiger partial charge in [0.2, 0.25) is 0 Å². The zero-order valence-corrected chi connectivity index (χ0v) is 11.3. The van der Waals surface area contributed by atoms with Crippen LogP contribution in [0.4, 0.5) is 0 Å². The van der Waals surface area contributed by atoms with Gasteiger partial charge < -0.3 is 29.2 Å². The summed E-state index contributed by atoms with van der Waals surface area (Å²) in [4.78, 5) is 0. The molecule has 2 aliphatic heterocycles. The van der Waals surface area contributed by atoms with Crippen LogP contribution < -0.4 is 0 Å². The average molecular weight is 262 g/mol. The van der Waals surface area contributed by atoms with Crippen LogP contribution in [-0.4, -0.2) is 59.4 Å². The van der Waals surface area contributed by atoms with E-state index in [-0.39, 0.29) is 13.2 Å². The lowest BCUT2D eigenvalue weighted by Gasteiger charge is -2.27. The smallest absolute Gasteiger partial charge is 0.163 e. The Balaban J connectivity index is 1.92. The van der Waals surface area contributed by atoms with E-state index in [0.717, 1.165) is 0 Å². The fourth-order valence-electron chi connectivity index (χ4n) is 2.21. The second kappa shape index (κ2) is 4.70. The van der Waals surface area contributed by atoms with Gasteiger partial charge in [-0.05, 0) is 27.7 Å². The number of hydrogen-bond acceptors (Lipinski definition) is 6. The summed E-state index contributed by atoms with van der Waals surface area (Å²) >= 11 is 0. The SMILES string of the molecule is CC1(C)OCC(C(O)[C@H](O)C2COC(C)(C)O2)O1. The summed E-state index contributed by atoms with van der Waals surface area (Å²) < 4.78 is 21.8. The molecule has 0 aliphatic carbocycles. The van der Waals surface area contributed by atoms with Crippen LogP contribution in [0.15, 0.2) is 0 Å². The Bertz CT molecular complexity index is 273. The second-order valence-electron chi connectivity index (χ2n) is 5.72. The minimum Gasteiger partial charge on any atom is -0.387 e. The van der Waals surface area contributed by atoms with Crippen molar-refractivity contribution in [3.05, 3.63) is 0 Å². The molecule has 106 valence electrons. The highest BCUT2D eigenvalue weighted by Crippen LogP contribution is 2.29. The van der Waals surface area contributed by atoms with Gasteiger partial charge in [-0.15, -0.1) is 0 Å². The van der Waals surface area contributed by atoms with Crippen LogP contribution >= 0.6 is 0 Å². The molecule has 0 aromatic rings. The predicted molar refractivity (Wildman–Crippen MR) is 61.8 cm³/mol. The Morgan fingerprint density at radius 3 is 1.39 bits per heavy atom. The molecule has 3 unspecified atom stereocenters. The lowest BCUT2D eigenvalue weighted by Crippen LogP contribution is -2.47. The third kappa shape index (κ3) is 3.01. The molecule has 0 aromatic carbocycles. The van der Waals surface area contributed by atoms with Crippen LogP contribution in [0.3, 0.4) is 0 Å². The van der Waals surface area contributed by atoms with Crippen LogP contribution in [0.25, 0.3) is 0 Å². The summed E-state index contributed by atoms with van der Waals surface area (Å²) in [5.41, 5.74) is 0. The van der Waals surface area contributed by atoms with Gasteiger partial charge in [0.25, 0.3) is 0 Å². The number of rotatable bonds is 3. The van der Waals surface area contributed by atoms with Gasteiger partial charge >= 0.3 is 0 Å². The average Bonchev–Trinajstić information content (AvgIpc) is 2.79. The Morgan fingerprint density at radius 2 is 1.17 bits per heavy atom. The maximum atomic E-state index is 10.1. The molecule has 0 spiro atoms.